The van der Waals surface area contributed by atoms with E-state index in [0.717, 1.165) is 13.1 Å². The van der Waals surface area contributed by atoms with Gasteiger partial charge in [-0.25, -0.2) is 0 Å². The Morgan fingerprint density at radius 2 is 2.11 bits per heavy atom. The van der Waals surface area contributed by atoms with Crippen LogP contribution in [0.25, 0.3) is 5.57 Å². The largest absolute Gasteiger partial charge is 0.459 e. The lowest BCUT2D eigenvalue weighted by Crippen LogP contribution is -3.14. The van der Waals surface area contributed by atoms with E-state index in [1.165, 1.54) is 51.7 Å². The van der Waals surface area contributed by atoms with Gasteiger partial charge < -0.3 is 9.80 Å². The molecular formula is C15H19N3. The zero-order valence-corrected chi connectivity index (χ0v) is 10.6. The summed E-state index contributed by atoms with van der Waals surface area (Å²) in [5, 5.41) is 0. The number of hydrogen-bond donors (Lipinski definition) is 2. The van der Waals surface area contributed by atoms with Crippen LogP contribution in [0.4, 0.5) is 5.69 Å². The van der Waals surface area contributed by atoms with Gasteiger partial charge in [0.25, 0.3) is 0 Å². The van der Waals surface area contributed by atoms with Gasteiger partial charge in [0, 0.05) is 12.3 Å². The normalized spacial score (nSPS) is 32.1. The van der Waals surface area contributed by atoms with Crippen molar-refractivity contribution in [3.8, 4) is 0 Å². The minimum atomic E-state index is 0.354. The summed E-state index contributed by atoms with van der Waals surface area (Å²) in [6.45, 7) is 2.17. The summed E-state index contributed by atoms with van der Waals surface area (Å²) in [6, 6.07) is 4.18. The summed E-state index contributed by atoms with van der Waals surface area (Å²) < 4.78 is 0. The molecular weight excluding hydrogens is 222 g/mol. The molecule has 1 fully saturated rings. The third kappa shape index (κ3) is 1.19. The molecule has 2 aliphatic heterocycles. The van der Waals surface area contributed by atoms with Crippen LogP contribution < -0.4 is 9.80 Å². The summed E-state index contributed by atoms with van der Waals surface area (Å²) in [6.07, 6.45) is 5.86. The average molecular weight is 241 g/mol. The van der Waals surface area contributed by atoms with Crippen molar-refractivity contribution >= 4 is 11.3 Å². The lowest BCUT2D eigenvalue weighted by atomic mass is 9.61. The van der Waals surface area contributed by atoms with Crippen LogP contribution in [0.2, 0.25) is 0 Å². The molecule has 0 radical (unpaired) electrons. The Labute approximate surface area is 108 Å². The fourth-order valence-corrected chi connectivity index (χ4v) is 3.98. The molecule has 3 nitrogen and oxygen atoms in total. The highest BCUT2D eigenvalue weighted by Gasteiger charge is 2.52. The minimum absolute atomic E-state index is 0.354. The number of hydrogen-bond acceptors (Lipinski definition) is 1. The van der Waals surface area contributed by atoms with E-state index in [-0.39, 0.29) is 0 Å². The standard InChI is InChI=1S/C15H19N3/c1-17-9-12-13(15(10-17)6-4-7-15)14-11(18(12)2)5-3-8-16-14/h3,5,8,17-18H,1-2,4,6-7,9-10H2. The molecule has 1 saturated carbocycles. The zero-order chi connectivity index (χ0) is 12.3. The summed E-state index contributed by atoms with van der Waals surface area (Å²) >= 11 is 0. The second-order valence-corrected chi connectivity index (χ2v) is 5.97. The van der Waals surface area contributed by atoms with Gasteiger partial charge in [-0.3, -0.25) is 4.98 Å². The zero-order valence-electron chi connectivity index (χ0n) is 10.6. The van der Waals surface area contributed by atoms with Crippen molar-refractivity contribution in [1.82, 2.24) is 4.98 Å². The highest BCUT2D eigenvalue weighted by atomic mass is 15.2. The van der Waals surface area contributed by atoms with Crippen molar-refractivity contribution in [2.45, 2.75) is 19.3 Å². The number of rotatable bonds is 0. The number of nitrogens with one attached hydrogen (secondary N) is 2. The second-order valence-electron chi connectivity index (χ2n) is 5.97. The molecule has 1 aliphatic carbocycles. The fraction of sp³-hybridized carbons (Fsp3) is 0.400. The van der Waals surface area contributed by atoms with E-state index in [9.17, 15) is 0 Å². The van der Waals surface area contributed by atoms with Crippen molar-refractivity contribution in [3.05, 3.63) is 43.8 Å². The van der Waals surface area contributed by atoms with E-state index in [0.29, 0.717) is 5.41 Å². The van der Waals surface area contributed by atoms with Crippen LogP contribution in [0.5, 0.6) is 0 Å². The van der Waals surface area contributed by atoms with Crippen LogP contribution in [0.15, 0.2) is 24.0 Å². The van der Waals surface area contributed by atoms with Crippen LogP contribution in [0.1, 0.15) is 25.0 Å². The molecule has 0 saturated heterocycles. The molecule has 3 heterocycles. The molecule has 94 valence electrons. The first-order valence-corrected chi connectivity index (χ1v) is 6.77. The summed E-state index contributed by atoms with van der Waals surface area (Å²) in [7, 11) is 8.55. The number of quaternary nitrogens is 2. The minimum Gasteiger partial charge on any atom is -0.459 e. The topological polar surface area (TPSA) is 21.8 Å². The molecule has 18 heavy (non-hydrogen) atoms. The SMILES string of the molecule is [CH2-][NH+]1CC2=C(c3ncccc3[NH+]2[CH2-])C2(CCC2)C1. The van der Waals surface area contributed by atoms with Crippen molar-refractivity contribution in [2.24, 2.45) is 5.41 Å². The van der Waals surface area contributed by atoms with Gasteiger partial charge in [0.2, 0.25) is 0 Å². The molecule has 0 amide bonds. The Hall–Kier alpha value is -1.19. The Morgan fingerprint density at radius 3 is 2.83 bits per heavy atom. The van der Waals surface area contributed by atoms with E-state index in [1.54, 1.807) is 0 Å². The summed E-state index contributed by atoms with van der Waals surface area (Å²) in [5.41, 5.74) is 5.77. The van der Waals surface area contributed by atoms with Gasteiger partial charge >= 0.3 is 0 Å². The van der Waals surface area contributed by atoms with E-state index in [4.69, 9.17) is 0 Å². The maximum Gasteiger partial charge on any atom is 0.145 e. The molecule has 2 N–H and O–H groups in total. The van der Waals surface area contributed by atoms with Gasteiger partial charge in [-0.2, -0.15) is 7.05 Å². The predicted molar refractivity (Wildman–Crippen MR) is 69.5 cm³/mol. The van der Waals surface area contributed by atoms with Crippen molar-refractivity contribution in [1.29, 1.82) is 0 Å². The second kappa shape index (κ2) is 3.43. The van der Waals surface area contributed by atoms with E-state index >= 15 is 0 Å². The summed E-state index contributed by atoms with van der Waals surface area (Å²) in [4.78, 5) is 7.22. The third-order valence-corrected chi connectivity index (χ3v) is 4.89. The number of fused-ring (bicyclic) bond motifs is 3. The molecule has 3 aliphatic rings. The lowest BCUT2D eigenvalue weighted by molar-refractivity contribution is -0.879. The highest BCUT2D eigenvalue weighted by molar-refractivity contribution is 5.79. The quantitative estimate of drug-likeness (QED) is 0.612. The van der Waals surface area contributed by atoms with Gasteiger partial charge in [0.15, 0.2) is 0 Å². The molecule has 3 heteroatoms. The molecule has 0 aromatic carbocycles. The fourth-order valence-electron chi connectivity index (χ4n) is 3.98. The summed E-state index contributed by atoms with van der Waals surface area (Å²) in [5.74, 6) is 0. The molecule has 1 spiro atoms. The van der Waals surface area contributed by atoms with Crippen LogP contribution in [0.3, 0.4) is 0 Å². The molecule has 2 unspecified atom stereocenters. The monoisotopic (exact) mass is 241 g/mol. The molecule has 4 rings (SSSR count). The first-order valence-electron chi connectivity index (χ1n) is 6.77. The van der Waals surface area contributed by atoms with Gasteiger partial charge in [0.05, 0.1) is 17.5 Å². The van der Waals surface area contributed by atoms with Gasteiger partial charge in [0.1, 0.15) is 23.6 Å². The van der Waals surface area contributed by atoms with Gasteiger partial charge in [-0.1, -0.05) is 6.42 Å². The van der Waals surface area contributed by atoms with Crippen LogP contribution in [-0.4, -0.2) is 18.1 Å². The average Bonchev–Trinajstić information content (AvgIpc) is 2.61. The lowest BCUT2D eigenvalue weighted by Gasteiger charge is -2.48. The smallest absolute Gasteiger partial charge is 0.145 e. The molecule has 1 aromatic rings. The Balaban J connectivity index is 1.93. The van der Waals surface area contributed by atoms with E-state index in [1.807, 2.05) is 12.3 Å². The molecule has 0 bridgehead atoms. The Bertz CT molecular complexity index is 542. The maximum atomic E-state index is 4.65. The Morgan fingerprint density at radius 1 is 1.28 bits per heavy atom. The number of pyridine rings is 1. The molecule has 1 aromatic heterocycles. The third-order valence-electron chi connectivity index (χ3n) is 4.89. The van der Waals surface area contributed by atoms with Gasteiger partial charge in [-0.05, 0) is 18.9 Å². The Kier molecular flexibility index (Phi) is 2.04. The van der Waals surface area contributed by atoms with E-state index < -0.39 is 0 Å². The van der Waals surface area contributed by atoms with Crippen molar-refractivity contribution in [2.75, 3.05) is 13.1 Å². The predicted octanol–water partition coefficient (Wildman–Crippen LogP) is -0.0253. The van der Waals surface area contributed by atoms with Gasteiger partial charge in [-0.15, -0.1) is 7.05 Å². The maximum absolute atomic E-state index is 4.65. The van der Waals surface area contributed by atoms with Crippen molar-refractivity contribution < 1.29 is 9.80 Å². The number of aromatic nitrogens is 1. The first kappa shape index (κ1) is 10.7. The molecule has 2 atom stereocenters. The first-order chi connectivity index (χ1) is 8.71. The van der Waals surface area contributed by atoms with Crippen LogP contribution in [-0.2, 0) is 0 Å². The van der Waals surface area contributed by atoms with Crippen molar-refractivity contribution in [3.63, 3.8) is 0 Å². The van der Waals surface area contributed by atoms with Crippen LogP contribution in [0, 0.1) is 19.5 Å². The van der Waals surface area contributed by atoms with E-state index in [2.05, 4.69) is 25.1 Å². The number of nitrogens with zero attached hydrogens (tertiary/aromatic N) is 1. The van der Waals surface area contributed by atoms with Crippen LogP contribution >= 0.6 is 0 Å². The highest BCUT2D eigenvalue weighted by Crippen LogP contribution is 2.53.